The van der Waals surface area contributed by atoms with Gasteiger partial charge in [0.25, 0.3) is 0 Å². The van der Waals surface area contributed by atoms with Gasteiger partial charge in [0, 0.05) is 32.3 Å². The molecule has 114 valence electrons. The molecule has 22 heavy (non-hydrogen) atoms. The Hall–Kier alpha value is -2.61. The van der Waals surface area contributed by atoms with Crippen molar-refractivity contribution in [1.29, 1.82) is 5.26 Å². The molecule has 0 N–H and O–H groups in total. The van der Waals surface area contributed by atoms with Crippen LogP contribution in [0.3, 0.4) is 0 Å². The Balaban J connectivity index is 1.87. The highest BCUT2D eigenvalue weighted by molar-refractivity contribution is 5.92. The number of piperazine rings is 1. The van der Waals surface area contributed by atoms with Crippen LogP contribution in [0.25, 0.3) is 6.08 Å². The Morgan fingerprint density at radius 1 is 1.23 bits per heavy atom. The molecule has 2 amide bonds. The molecule has 0 bridgehead atoms. The highest BCUT2D eigenvalue weighted by Gasteiger charge is 2.22. The Morgan fingerprint density at radius 2 is 1.91 bits per heavy atom. The number of carbonyl (C=O) groups is 2. The fourth-order valence-electron chi connectivity index (χ4n) is 2.40. The first-order chi connectivity index (χ1) is 10.6. The van der Waals surface area contributed by atoms with Crippen LogP contribution >= 0.6 is 0 Å². The van der Waals surface area contributed by atoms with Crippen LogP contribution in [-0.4, -0.2) is 47.8 Å². The fourth-order valence-corrected chi connectivity index (χ4v) is 2.40. The quantitative estimate of drug-likeness (QED) is 0.796. The first kappa shape index (κ1) is 15.8. The minimum absolute atomic E-state index is 0.0473. The molecule has 1 saturated heterocycles. The van der Waals surface area contributed by atoms with E-state index < -0.39 is 0 Å². The molecular formula is C17H19N3O2. The van der Waals surface area contributed by atoms with Gasteiger partial charge in [-0.05, 0) is 18.6 Å². The Kier molecular flexibility index (Phi) is 5.31. The van der Waals surface area contributed by atoms with Gasteiger partial charge in [0.15, 0.2) is 0 Å². The van der Waals surface area contributed by atoms with Crippen LogP contribution in [0.15, 0.2) is 30.3 Å². The maximum atomic E-state index is 12.1. The zero-order valence-electron chi connectivity index (χ0n) is 12.7. The predicted octanol–water partition coefficient (Wildman–Crippen LogP) is 1.59. The fraction of sp³-hybridized carbons (Fsp3) is 0.353. The summed E-state index contributed by atoms with van der Waals surface area (Å²) < 4.78 is 0. The van der Waals surface area contributed by atoms with Crippen molar-refractivity contribution >= 4 is 17.9 Å². The molecular weight excluding hydrogens is 278 g/mol. The standard InChI is InChI=1S/C17H19N3O2/c1-14-3-2-4-15(13-14)5-6-16(21)19-9-11-20(12-10-19)17(22)7-8-18/h2-6,13H,7,9-12H2,1H3/b6-5+. The second kappa shape index (κ2) is 7.41. The van der Waals surface area contributed by atoms with Crippen molar-refractivity contribution in [3.05, 3.63) is 41.5 Å². The number of nitrogens with zero attached hydrogens (tertiary/aromatic N) is 3. The molecule has 1 fully saturated rings. The molecule has 1 aromatic rings. The molecule has 1 aromatic carbocycles. The molecule has 0 unspecified atom stereocenters. The second-order valence-corrected chi connectivity index (χ2v) is 5.29. The highest BCUT2D eigenvalue weighted by atomic mass is 16.2. The summed E-state index contributed by atoms with van der Waals surface area (Å²) in [7, 11) is 0. The highest BCUT2D eigenvalue weighted by Crippen LogP contribution is 2.08. The topological polar surface area (TPSA) is 64.4 Å². The summed E-state index contributed by atoms with van der Waals surface area (Å²) in [6.07, 6.45) is 3.28. The molecule has 0 aromatic heterocycles. The van der Waals surface area contributed by atoms with E-state index in [0.29, 0.717) is 26.2 Å². The number of benzene rings is 1. The Labute approximate surface area is 130 Å². The van der Waals surface area contributed by atoms with Gasteiger partial charge in [-0.25, -0.2) is 0 Å². The van der Waals surface area contributed by atoms with Gasteiger partial charge < -0.3 is 9.80 Å². The number of hydrogen-bond donors (Lipinski definition) is 0. The van der Waals surface area contributed by atoms with E-state index >= 15 is 0 Å². The average molecular weight is 297 g/mol. The van der Waals surface area contributed by atoms with Gasteiger partial charge in [0.1, 0.15) is 6.42 Å². The van der Waals surface area contributed by atoms with Crippen molar-refractivity contribution in [2.45, 2.75) is 13.3 Å². The molecule has 5 nitrogen and oxygen atoms in total. The van der Waals surface area contributed by atoms with E-state index in [2.05, 4.69) is 0 Å². The number of aryl methyl sites for hydroxylation is 1. The molecule has 0 saturated carbocycles. The van der Waals surface area contributed by atoms with E-state index in [9.17, 15) is 9.59 Å². The van der Waals surface area contributed by atoms with Crippen molar-refractivity contribution in [3.8, 4) is 6.07 Å². The van der Waals surface area contributed by atoms with Gasteiger partial charge in [-0.15, -0.1) is 0 Å². The maximum Gasteiger partial charge on any atom is 0.246 e. The number of nitriles is 1. The van der Waals surface area contributed by atoms with Crippen LogP contribution in [-0.2, 0) is 9.59 Å². The maximum absolute atomic E-state index is 12.1. The summed E-state index contributed by atoms with van der Waals surface area (Å²) in [6.45, 7) is 4.01. The first-order valence-electron chi connectivity index (χ1n) is 7.28. The SMILES string of the molecule is Cc1cccc(/C=C/C(=O)N2CCN(C(=O)CC#N)CC2)c1. The van der Waals surface area contributed by atoms with Crippen molar-refractivity contribution < 1.29 is 9.59 Å². The van der Waals surface area contributed by atoms with Crippen LogP contribution in [0, 0.1) is 18.3 Å². The molecule has 1 aliphatic heterocycles. The summed E-state index contributed by atoms with van der Waals surface area (Å²) in [5.74, 6) is -0.209. The second-order valence-electron chi connectivity index (χ2n) is 5.29. The monoisotopic (exact) mass is 297 g/mol. The average Bonchev–Trinajstić information content (AvgIpc) is 2.53. The molecule has 0 aliphatic carbocycles. The molecule has 2 rings (SSSR count). The molecule has 1 aliphatic rings. The van der Waals surface area contributed by atoms with Gasteiger partial charge in [-0.2, -0.15) is 5.26 Å². The lowest BCUT2D eigenvalue weighted by Gasteiger charge is -2.33. The molecule has 0 spiro atoms. The van der Waals surface area contributed by atoms with Gasteiger partial charge >= 0.3 is 0 Å². The minimum atomic E-state index is -0.162. The van der Waals surface area contributed by atoms with Crippen LogP contribution < -0.4 is 0 Å². The summed E-state index contributed by atoms with van der Waals surface area (Å²) in [5, 5.41) is 8.53. The smallest absolute Gasteiger partial charge is 0.246 e. The number of hydrogen-bond acceptors (Lipinski definition) is 3. The van der Waals surface area contributed by atoms with Crippen LogP contribution in [0.4, 0.5) is 0 Å². The number of amides is 2. The lowest BCUT2D eigenvalue weighted by Crippen LogP contribution is -2.50. The summed E-state index contributed by atoms with van der Waals surface area (Å²) in [6, 6.07) is 9.80. The Morgan fingerprint density at radius 3 is 2.55 bits per heavy atom. The third-order valence-electron chi connectivity index (χ3n) is 3.63. The van der Waals surface area contributed by atoms with Gasteiger partial charge in [-0.1, -0.05) is 29.8 Å². The lowest BCUT2D eigenvalue weighted by molar-refractivity contribution is -0.136. The molecule has 0 radical (unpaired) electrons. The van der Waals surface area contributed by atoms with Gasteiger partial charge in [0.2, 0.25) is 11.8 Å². The molecule has 1 heterocycles. The van der Waals surface area contributed by atoms with Crippen molar-refractivity contribution in [2.24, 2.45) is 0 Å². The Bertz CT molecular complexity index is 623. The largest absolute Gasteiger partial charge is 0.338 e. The van der Waals surface area contributed by atoms with E-state index in [-0.39, 0.29) is 18.2 Å². The van der Waals surface area contributed by atoms with E-state index in [1.54, 1.807) is 15.9 Å². The normalized spacial score (nSPS) is 14.9. The molecule has 5 heteroatoms. The third kappa shape index (κ3) is 4.19. The van der Waals surface area contributed by atoms with Gasteiger partial charge in [0.05, 0.1) is 6.07 Å². The van der Waals surface area contributed by atoms with Crippen LogP contribution in [0.2, 0.25) is 0 Å². The summed E-state index contributed by atoms with van der Waals surface area (Å²) in [4.78, 5) is 27.1. The summed E-state index contributed by atoms with van der Waals surface area (Å²) in [5.41, 5.74) is 2.15. The zero-order chi connectivity index (χ0) is 15.9. The van der Waals surface area contributed by atoms with E-state index in [1.807, 2.05) is 43.3 Å². The van der Waals surface area contributed by atoms with E-state index in [1.165, 1.54) is 0 Å². The van der Waals surface area contributed by atoms with Gasteiger partial charge in [-0.3, -0.25) is 9.59 Å². The first-order valence-corrected chi connectivity index (χ1v) is 7.28. The third-order valence-corrected chi connectivity index (χ3v) is 3.63. The zero-order valence-corrected chi connectivity index (χ0v) is 12.7. The number of carbonyl (C=O) groups excluding carboxylic acids is 2. The van der Waals surface area contributed by atoms with Crippen LogP contribution in [0.5, 0.6) is 0 Å². The van der Waals surface area contributed by atoms with Crippen molar-refractivity contribution in [3.63, 3.8) is 0 Å². The van der Waals surface area contributed by atoms with Crippen molar-refractivity contribution in [1.82, 2.24) is 9.80 Å². The minimum Gasteiger partial charge on any atom is -0.338 e. The van der Waals surface area contributed by atoms with Crippen LogP contribution in [0.1, 0.15) is 17.5 Å². The predicted molar refractivity (Wildman–Crippen MR) is 83.6 cm³/mol. The van der Waals surface area contributed by atoms with Crippen molar-refractivity contribution in [2.75, 3.05) is 26.2 Å². The lowest BCUT2D eigenvalue weighted by atomic mass is 10.1. The van der Waals surface area contributed by atoms with E-state index in [4.69, 9.17) is 5.26 Å². The molecule has 0 atom stereocenters. The van der Waals surface area contributed by atoms with E-state index in [0.717, 1.165) is 11.1 Å². The summed E-state index contributed by atoms with van der Waals surface area (Å²) >= 11 is 0. The number of rotatable bonds is 3.